The van der Waals surface area contributed by atoms with Gasteiger partial charge in [0.2, 0.25) is 0 Å². The second-order valence-electron chi connectivity index (χ2n) is 3.14. The molecule has 78 valence electrons. The third kappa shape index (κ3) is 3.52. The molecule has 4 heteroatoms. The van der Waals surface area contributed by atoms with Crippen LogP contribution in [0.4, 0.5) is 0 Å². The van der Waals surface area contributed by atoms with Crippen molar-refractivity contribution < 1.29 is 4.21 Å². The Morgan fingerprint density at radius 1 is 1.57 bits per heavy atom. The zero-order valence-corrected chi connectivity index (χ0v) is 10.5. The van der Waals surface area contributed by atoms with Crippen LogP contribution in [0.25, 0.3) is 0 Å². The van der Waals surface area contributed by atoms with Crippen LogP contribution >= 0.6 is 15.9 Å². The van der Waals surface area contributed by atoms with Crippen molar-refractivity contribution in [2.45, 2.75) is 24.3 Å². The Bertz CT molecular complexity index is 330. The van der Waals surface area contributed by atoms with Crippen molar-refractivity contribution in [1.82, 2.24) is 0 Å². The van der Waals surface area contributed by atoms with E-state index in [2.05, 4.69) is 15.9 Å². The van der Waals surface area contributed by atoms with Gasteiger partial charge in [0.05, 0.1) is 10.8 Å². The van der Waals surface area contributed by atoms with Crippen LogP contribution in [0, 0.1) is 0 Å². The average Bonchev–Trinajstić information content (AvgIpc) is 2.17. The highest BCUT2D eigenvalue weighted by molar-refractivity contribution is 9.10. The highest BCUT2D eigenvalue weighted by Gasteiger charge is 2.08. The summed E-state index contributed by atoms with van der Waals surface area (Å²) in [6.45, 7) is 2.00. The number of halogens is 1. The maximum absolute atomic E-state index is 11.8. The van der Waals surface area contributed by atoms with Gasteiger partial charge >= 0.3 is 0 Å². The van der Waals surface area contributed by atoms with Crippen LogP contribution in [0.5, 0.6) is 0 Å². The minimum Gasteiger partial charge on any atom is -0.327 e. The zero-order valence-electron chi connectivity index (χ0n) is 8.07. The van der Waals surface area contributed by atoms with E-state index < -0.39 is 10.8 Å². The smallest absolute Gasteiger partial charge is 0.0545 e. The molecule has 1 aromatic rings. The lowest BCUT2D eigenvalue weighted by Gasteiger charge is -2.08. The molecule has 0 saturated carbocycles. The zero-order chi connectivity index (χ0) is 10.6. The van der Waals surface area contributed by atoms with Crippen molar-refractivity contribution in [3.63, 3.8) is 0 Å². The molecule has 1 rings (SSSR count). The molecule has 0 aromatic heterocycles. The van der Waals surface area contributed by atoms with Gasteiger partial charge in [-0.2, -0.15) is 0 Å². The third-order valence-corrected chi connectivity index (χ3v) is 3.95. The maximum atomic E-state index is 11.8. The number of nitrogens with two attached hydrogens (primary N) is 1. The molecular formula is C10H14BrNOS. The molecule has 2 unspecified atom stereocenters. The number of rotatable bonds is 4. The highest BCUT2D eigenvalue weighted by Crippen LogP contribution is 2.15. The second kappa shape index (κ2) is 5.63. The van der Waals surface area contributed by atoms with Crippen LogP contribution in [0.2, 0.25) is 0 Å². The lowest BCUT2D eigenvalue weighted by Crippen LogP contribution is -2.25. The van der Waals surface area contributed by atoms with E-state index in [1.807, 2.05) is 31.2 Å². The van der Waals surface area contributed by atoms with Crippen LogP contribution in [0.15, 0.2) is 33.6 Å². The fourth-order valence-electron chi connectivity index (χ4n) is 1.02. The van der Waals surface area contributed by atoms with Gasteiger partial charge in [0, 0.05) is 21.2 Å². The maximum Gasteiger partial charge on any atom is 0.0545 e. The van der Waals surface area contributed by atoms with Gasteiger partial charge in [-0.1, -0.05) is 28.9 Å². The van der Waals surface area contributed by atoms with E-state index in [1.54, 1.807) is 0 Å². The van der Waals surface area contributed by atoms with Gasteiger partial charge in [-0.15, -0.1) is 0 Å². The number of hydrogen-bond acceptors (Lipinski definition) is 2. The van der Waals surface area contributed by atoms with E-state index in [-0.39, 0.29) is 6.04 Å². The monoisotopic (exact) mass is 275 g/mol. The SMILES string of the molecule is CCC(N)CS(=O)c1cccc(Br)c1. The van der Waals surface area contributed by atoms with Gasteiger partial charge in [0.15, 0.2) is 0 Å². The molecule has 0 spiro atoms. The first-order valence-electron chi connectivity index (χ1n) is 4.53. The third-order valence-electron chi connectivity index (χ3n) is 1.95. The van der Waals surface area contributed by atoms with Gasteiger partial charge in [-0.25, -0.2) is 0 Å². The molecule has 0 aliphatic carbocycles. The van der Waals surface area contributed by atoms with Crippen LogP contribution < -0.4 is 5.73 Å². The van der Waals surface area contributed by atoms with Crippen molar-refractivity contribution in [3.05, 3.63) is 28.7 Å². The van der Waals surface area contributed by atoms with Gasteiger partial charge < -0.3 is 5.73 Å². The van der Waals surface area contributed by atoms with Crippen molar-refractivity contribution in [1.29, 1.82) is 0 Å². The summed E-state index contributed by atoms with van der Waals surface area (Å²) in [6, 6.07) is 7.56. The fourth-order valence-corrected chi connectivity index (χ4v) is 2.87. The summed E-state index contributed by atoms with van der Waals surface area (Å²) < 4.78 is 12.7. The summed E-state index contributed by atoms with van der Waals surface area (Å²) in [5.74, 6) is 0.535. The van der Waals surface area contributed by atoms with E-state index in [0.717, 1.165) is 15.8 Å². The minimum atomic E-state index is -0.979. The molecule has 1 aromatic carbocycles. The van der Waals surface area contributed by atoms with E-state index in [9.17, 15) is 4.21 Å². The summed E-state index contributed by atoms with van der Waals surface area (Å²) in [6.07, 6.45) is 0.861. The van der Waals surface area contributed by atoms with Crippen LogP contribution in [-0.4, -0.2) is 16.0 Å². The van der Waals surface area contributed by atoms with Crippen LogP contribution in [0.1, 0.15) is 13.3 Å². The molecule has 2 atom stereocenters. The van der Waals surface area contributed by atoms with E-state index in [1.165, 1.54) is 0 Å². The second-order valence-corrected chi connectivity index (χ2v) is 5.55. The molecule has 14 heavy (non-hydrogen) atoms. The molecule has 2 nitrogen and oxygen atoms in total. The van der Waals surface area contributed by atoms with E-state index in [4.69, 9.17) is 5.73 Å². The molecular weight excluding hydrogens is 262 g/mol. The summed E-state index contributed by atoms with van der Waals surface area (Å²) in [7, 11) is -0.979. The van der Waals surface area contributed by atoms with Crippen molar-refractivity contribution in [2.75, 3.05) is 5.75 Å². The lowest BCUT2D eigenvalue weighted by atomic mass is 10.3. The van der Waals surface area contributed by atoms with Crippen molar-refractivity contribution in [3.8, 4) is 0 Å². The Hall–Kier alpha value is -0.190. The summed E-state index contributed by atoms with van der Waals surface area (Å²) in [4.78, 5) is 0.836. The highest BCUT2D eigenvalue weighted by atomic mass is 79.9. The minimum absolute atomic E-state index is 0.0230. The molecule has 0 heterocycles. The van der Waals surface area contributed by atoms with Crippen molar-refractivity contribution >= 4 is 26.7 Å². The van der Waals surface area contributed by atoms with E-state index >= 15 is 0 Å². The van der Waals surface area contributed by atoms with Gasteiger partial charge in [0.25, 0.3) is 0 Å². The lowest BCUT2D eigenvalue weighted by molar-refractivity contribution is 0.663. The Kier molecular flexibility index (Phi) is 4.78. The average molecular weight is 276 g/mol. The largest absolute Gasteiger partial charge is 0.327 e. The molecule has 0 fully saturated rings. The summed E-state index contributed by atoms with van der Waals surface area (Å²) in [5, 5.41) is 0. The van der Waals surface area contributed by atoms with E-state index in [0.29, 0.717) is 5.75 Å². The van der Waals surface area contributed by atoms with Crippen molar-refractivity contribution in [2.24, 2.45) is 5.73 Å². The first-order chi connectivity index (χ1) is 6.63. The predicted octanol–water partition coefficient (Wildman–Crippen LogP) is 2.29. The first kappa shape index (κ1) is 11.9. The van der Waals surface area contributed by atoms with Crippen LogP contribution in [0.3, 0.4) is 0 Å². The van der Waals surface area contributed by atoms with Crippen LogP contribution in [-0.2, 0) is 10.8 Å². The Morgan fingerprint density at radius 2 is 2.29 bits per heavy atom. The Morgan fingerprint density at radius 3 is 2.86 bits per heavy atom. The normalized spacial score (nSPS) is 15.1. The summed E-state index contributed by atoms with van der Waals surface area (Å²) in [5.41, 5.74) is 5.74. The molecule has 0 aliphatic heterocycles. The number of benzene rings is 1. The molecule has 0 bridgehead atoms. The Balaban J connectivity index is 2.70. The first-order valence-corrected chi connectivity index (χ1v) is 6.64. The molecule has 0 radical (unpaired) electrons. The fraction of sp³-hybridized carbons (Fsp3) is 0.400. The summed E-state index contributed by atoms with van der Waals surface area (Å²) >= 11 is 3.35. The molecule has 2 N–H and O–H groups in total. The van der Waals surface area contributed by atoms with Gasteiger partial charge in [-0.3, -0.25) is 4.21 Å². The standard InChI is InChI=1S/C10H14BrNOS/c1-2-9(12)7-14(13)10-5-3-4-8(11)6-10/h3-6,9H,2,7,12H2,1H3. The molecule has 0 amide bonds. The van der Waals surface area contributed by atoms with Gasteiger partial charge in [0.1, 0.15) is 0 Å². The predicted molar refractivity (Wildman–Crippen MR) is 63.7 cm³/mol. The molecule has 0 aliphatic rings. The Labute approximate surface area is 95.5 Å². The van der Waals surface area contributed by atoms with Gasteiger partial charge in [-0.05, 0) is 24.6 Å². The topological polar surface area (TPSA) is 43.1 Å². The molecule has 0 saturated heterocycles. The quantitative estimate of drug-likeness (QED) is 0.917. The number of hydrogen-bond donors (Lipinski definition) is 1.